The van der Waals surface area contributed by atoms with Crippen LogP contribution in [0.4, 0.5) is 5.69 Å². The van der Waals surface area contributed by atoms with Crippen LogP contribution < -0.4 is 10.1 Å². The number of ether oxygens (including phenoxy) is 2. The fourth-order valence-corrected chi connectivity index (χ4v) is 4.38. The number of carbonyl (C=O) groups is 2. The van der Waals surface area contributed by atoms with Crippen molar-refractivity contribution in [1.82, 2.24) is 0 Å². The third-order valence-electron chi connectivity index (χ3n) is 4.76. The Balaban J connectivity index is 1.64. The molecule has 8 heteroatoms. The predicted octanol–water partition coefficient (Wildman–Crippen LogP) is 4.70. The molecule has 1 unspecified atom stereocenters. The lowest BCUT2D eigenvalue weighted by molar-refractivity contribution is -0.143. The first-order valence-corrected chi connectivity index (χ1v) is 11.9. The standard InChI is InChI=1S/C26H24N2O5S/c1-2-32-25(29)12-7-17-33-21-15-13-19(14-16-21)26(30)28-22-9-4-6-11-24(22)34(31)23-10-5-3-8-20(23)18-27/h3-6,8-11,13-16H,2,7,12,17H2,1H3,(H,28,30). The first kappa shape index (κ1) is 24.8. The number of nitrogens with one attached hydrogen (secondary N) is 1. The predicted molar refractivity (Wildman–Crippen MR) is 128 cm³/mol. The maximum absolute atomic E-state index is 13.2. The Hall–Kier alpha value is -3.80. The number of rotatable bonds is 10. The van der Waals surface area contributed by atoms with Gasteiger partial charge in [0.15, 0.2) is 9.79 Å². The van der Waals surface area contributed by atoms with Crippen LogP contribution in [0.25, 0.3) is 0 Å². The highest BCUT2D eigenvalue weighted by atomic mass is 32.2. The Morgan fingerprint density at radius 2 is 1.68 bits per heavy atom. The zero-order valence-electron chi connectivity index (χ0n) is 18.7. The molecule has 7 nitrogen and oxygen atoms in total. The van der Waals surface area contributed by atoms with Crippen LogP contribution in [0.2, 0.25) is 0 Å². The Bertz CT molecular complexity index is 1170. The summed E-state index contributed by atoms with van der Waals surface area (Å²) in [6.07, 6.45) is 0.817. The molecule has 0 saturated heterocycles. The number of benzene rings is 3. The van der Waals surface area contributed by atoms with Gasteiger partial charge in [0, 0.05) is 23.2 Å². The first-order valence-electron chi connectivity index (χ1n) is 10.7. The van der Waals surface area contributed by atoms with E-state index in [9.17, 15) is 19.4 Å². The van der Waals surface area contributed by atoms with E-state index < -0.39 is 11.2 Å². The smallest absolute Gasteiger partial charge is 0.305 e. The van der Waals surface area contributed by atoms with Crippen molar-refractivity contribution in [2.45, 2.75) is 29.6 Å². The number of nitriles is 1. The molecule has 1 atom stereocenters. The van der Waals surface area contributed by atoms with Crippen LogP contribution in [0, 0.1) is 11.3 Å². The van der Waals surface area contributed by atoms with Crippen LogP contribution in [0.3, 0.4) is 0 Å². The summed E-state index contributed by atoms with van der Waals surface area (Å²) >= 11 is -1.65. The molecular weight excluding hydrogens is 452 g/mol. The van der Waals surface area contributed by atoms with Crippen molar-refractivity contribution in [3.8, 4) is 11.8 Å². The van der Waals surface area contributed by atoms with Crippen molar-refractivity contribution in [3.63, 3.8) is 0 Å². The molecule has 0 spiro atoms. The van der Waals surface area contributed by atoms with E-state index in [1.54, 1.807) is 79.7 Å². The normalized spacial score (nSPS) is 11.2. The Kier molecular flexibility index (Phi) is 9.09. The number of carbonyl (C=O) groups excluding carboxylic acids is 2. The molecule has 1 amide bonds. The lowest BCUT2D eigenvalue weighted by atomic mass is 10.2. The Morgan fingerprint density at radius 3 is 2.38 bits per heavy atom. The van der Waals surface area contributed by atoms with Crippen LogP contribution in [-0.4, -0.2) is 29.6 Å². The fraction of sp³-hybridized carbons (Fsp3) is 0.192. The van der Waals surface area contributed by atoms with E-state index in [1.165, 1.54) is 0 Å². The number of esters is 1. The largest absolute Gasteiger partial charge is 0.606 e. The second-order valence-electron chi connectivity index (χ2n) is 7.11. The van der Waals surface area contributed by atoms with E-state index in [0.29, 0.717) is 52.0 Å². The van der Waals surface area contributed by atoms with E-state index in [0.717, 1.165) is 0 Å². The Labute approximate surface area is 201 Å². The van der Waals surface area contributed by atoms with Gasteiger partial charge in [0.25, 0.3) is 5.91 Å². The molecule has 0 aliphatic rings. The molecule has 3 aromatic rings. The lowest BCUT2D eigenvalue weighted by Gasteiger charge is -2.15. The van der Waals surface area contributed by atoms with E-state index in [1.807, 2.05) is 0 Å². The SMILES string of the molecule is CCOC(=O)CCCOc1ccc(C(=O)Nc2ccccc2[S+]([O-])c2ccccc2C#N)cc1. The molecule has 34 heavy (non-hydrogen) atoms. The van der Waals surface area contributed by atoms with Crippen molar-refractivity contribution < 1.29 is 23.6 Å². The van der Waals surface area contributed by atoms with Crippen molar-refractivity contribution in [1.29, 1.82) is 5.26 Å². The van der Waals surface area contributed by atoms with E-state index >= 15 is 0 Å². The number of hydrogen-bond donors (Lipinski definition) is 1. The lowest BCUT2D eigenvalue weighted by Crippen LogP contribution is -2.15. The second kappa shape index (κ2) is 12.4. The second-order valence-corrected chi connectivity index (χ2v) is 8.53. The minimum Gasteiger partial charge on any atom is -0.606 e. The van der Waals surface area contributed by atoms with Crippen LogP contribution in [0.5, 0.6) is 5.75 Å². The highest BCUT2D eigenvalue weighted by molar-refractivity contribution is 7.91. The van der Waals surface area contributed by atoms with Crippen LogP contribution in [0.15, 0.2) is 82.6 Å². The monoisotopic (exact) mass is 476 g/mol. The fourth-order valence-electron chi connectivity index (χ4n) is 3.11. The van der Waals surface area contributed by atoms with Crippen molar-refractivity contribution >= 4 is 28.7 Å². The van der Waals surface area contributed by atoms with Gasteiger partial charge in [-0.05, 0) is 61.9 Å². The summed E-state index contributed by atoms with van der Waals surface area (Å²) in [6, 6.07) is 22.1. The topological polar surface area (TPSA) is 111 Å². The highest BCUT2D eigenvalue weighted by Crippen LogP contribution is 2.29. The van der Waals surface area contributed by atoms with Crippen molar-refractivity contribution in [3.05, 3.63) is 83.9 Å². The molecule has 0 heterocycles. The molecule has 0 aliphatic heterocycles. The van der Waals surface area contributed by atoms with Crippen molar-refractivity contribution in [2.24, 2.45) is 0 Å². The van der Waals surface area contributed by atoms with Gasteiger partial charge in [0.2, 0.25) is 0 Å². The molecular formula is C26H24N2O5S. The highest BCUT2D eigenvalue weighted by Gasteiger charge is 2.23. The summed E-state index contributed by atoms with van der Waals surface area (Å²) in [4.78, 5) is 24.9. The van der Waals surface area contributed by atoms with E-state index in [4.69, 9.17) is 9.47 Å². The van der Waals surface area contributed by atoms with Crippen LogP contribution in [0.1, 0.15) is 35.7 Å². The zero-order chi connectivity index (χ0) is 24.3. The van der Waals surface area contributed by atoms with Gasteiger partial charge in [0.1, 0.15) is 17.4 Å². The molecule has 174 valence electrons. The third kappa shape index (κ3) is 6.61. The van der Waals surface area contributed by atoms with E-state index in [2.05, 4.69) is 11.4 Å². The third-order valence-corrected chi connectivity index (χ3v) is 6.27. The van der Waals surface area contributed by atoms with Gasteiger partial charge < -0.3 is 19.3 Å². The number of amides is 1. The average molecular weight is 477 g/mol. The minimum atomic E-state index is -1.65. The number of para-hydroxylation sites is 1. The van der Waals surface area contributed by atoms with Gasteiger partial charge in [-0.25, -0.2) is 0 Å². The Morgan fingerprint density at radius 1 is 1.00 bits per heavy atom. The summed E-state index contributed by atoms with van der Waals surface area (Å²) in [5.74, 6) is -0.0441. The molecule has 0 bridgehead atoms. The van der Waals surface area contributed by atoms with Crippen molar-refractivity contribution in [2.75, 3.05) is 18.5 Å². The molecule has 1 N–H and O–H groups in total. The maximum atomic E-state index is 13.2. The summed E-state index contributed by atoms with van der Waals surface area (Å²) in [5, 5.41) is 12.1. The van der Waals surface area contributed by atoms with Gasteiger partial charge >= 0.3 is 5.97 Å². The summed E-state index contributed by atoms with van der Waals surface area (Å²) in [7, 11) is 0. The van der Waals surface area contributed by atoms with Gasteiger partial charge in [-0.1, -0.05) is 24.3 Å². The molecule has 3 aromatic carbocycles. The number of hydrogen-bond acceptors (Lipinski definition) is 6. The maximum Gasteiger partial charge on any atom is 0.305 e. The van der Waals surface area contributed by atoms with E-state index in [-0.39, 0.29) is 18.3 Å². The molecule has 3 rings (SSSR count). The quantitative estimate of drug-likeness (QED) is 0.258. The van der Waals surface area contributed by atoms with Gasteiger partial charge in [-0.2, -0.15) is 5.26 Å². The van der Waals surface area contributed by atoms with Gasteiger partial charge in [0.05, 0.1) is 18.9 Å². The summed E-state index contributed by atoms with van der Waals surface area (Å²) < 4.78 is 23.7. The summed E-state index contributed by atoms with van der Waals surface area (Å²) in [5.41, 5.74) is 1.12. The molecule has 0 radical (unpaired) electrons. The zero-order valence-corrected chi connectivity index (χ0v) is 19.5. The first-order chi connectivity index (χ1) is 16.5. The molecule has 0 aliphatic carbocycles. The minimum absolute atomic E-state index is 0.254. The van der Waals surface area contributed by atoms with Crippen LogP contribution in [-0.2, 0) is 20.7 Å². The average Bonchev–Trinajstić information content (AvgIpc) is 2.87. The number of anilines is 1. The molecule has 0 fully saturated rings. The van der Waals surface area contributed by atoms with Gasteiger partial charge in [-0.15, -0.1) is 0 Å². The summed E-state index contributed by atoms with van der Waals surface area (Å²) in [6.45, 7) is 2.47. The van der Waals surface area contributed by atoms with Gasteiger partial charge in [-0.3, -0.25) is 9.59 Å². The molecule has 0 aromatic heterocycles. The van der Waals surface area contributed by atoms with Crippen LogP contribution >= 0.6 is 0 Å². The molecule has 0 saturated carbocycles. The number of nitrogens with zero attached hydrogens (tertiary/aromatic N) is 1.